The van der Waals surface area contributed by atoms with Crippen LogP contribution >= 0.6 is 0 Å². The Balaban J connectivity index is 1.69. The quantitative estimate of drug-likeness (QED) is 0.769. The molecular formula is C13H19N3O. The molecule has 0 aromatic carbocycles. The number of aromatic nitrogens is 1. The second-order valence-corrected chi connectivity index (χ2v) is 4.36. The zero-order valence-electron chi connectivity index (χ0n) is 10.1. The third kappa shape index (κ3) is 3.91. The van der Waals surface area contributed by atoms with Gasteiger partial charge in [-0.15, -0.1) is 0 Å². The van der Waals surface area contributed by atoms with E-state index in [-0.39, 0.29) is 5.78 Å². The minimum Gasteiger partial charge on any atom is -0.314 e. The van der Waals surface area contributed by atoms with Crippen molar-refractivity contribution in [2.45, 2.75) is 12.8 Å². The van der Waals surface area contributed by atoms with Gasteiger partial charge in [0.25, 0.3) is 0 Å². The van der Waals surface area contributed by atoms with Crippen LogP contribution in [0.3, 0.4) is 0 Å². The van der Waals surface area contributed by atoms with Gasteiger partial charge in [-0.05, 0) is 25.1 Å². The van der Waals surface area contributed by atoms with Crippen LogP contribution in [0.25, 0.3) is 0 Å². The minimum atomic E-state index is 0.202. The summed E-state index contributed by atoms with van der Waals surface area (Å²) in [7, 11) is 0. The number of hydrogen-bond acceptors (Lipinski definition) is 4. The molecule has 0 amide bonds. The number of carbonyl (C=O) groups is 1. The van der Waals surface area contributed by atoms with Crippen LogP contribution in [0.15, 0.2) is 24.5 Å². The van der Waals surface area contributed by atoms with E-state index in [1.165, 1.54) is 0 Å². The number of rotatable bonds is 5. The van der Waals surface area contributed by atoms with Gasteiger partial charge in [0.05, 0.1) is 0 Å². The highest BCUT2D eigenvalue weighted by Gasteiger charge is 2.10. The summed E-state index contributed by atoms with van der Waals surface area (Å²) in [5.74, 6) is 0.202. The summed E-state index contributed by atoms with van der Waals surface area (Å²) in [5.41, 5.74) is 0.729. The van der Waals surface area contributed by atoms with E-state index in [2.05, 4.69) is 15.2 Å². The number of ketones is 1. The molecule has 1 fully saturated rings. The van der Waals surface area contributed by atoms with E-state index in [1.54, 1.807) is 12.4 Å². The number of hydrogen-bond donors (Lipinski definition) is 1. The average molecular weight is 233 g/mol. The predicted octanol–water partition coefficient (Wildman–Crippen LogP) is 0.950. The highest BCUT2D eigenvalue weighted by Crippen LogP contribution is 2.05. The Hall–Kier alpha value is -1.26. The van der Waals surface area contributed by atoms with Crippen molar-refractivity contribution >= 4 is 5.78 Å². The lowest BCUT2D eigenvalue weighted by Crippen LogP contribution is -2.43. The summed E-state index contributed by atoms with van der Waals surface area (Å²) in [6.07, 6.45) is 4.90. The molecule has 17 heavy (non-hydrogen) atoms. The van der Waals surface area contributed by atoms with Gasteiger partial charge in [-0.2, -0.15) is 0 Å². The molecular weight excluding hydrogens is 214 g/mol. The van der Waals surface area contributed by atoms with Gasteiger partial charge < -0.3 is 10.2 Å². The molecule has 0 saturated carbocycles. The lowest BCUT2D eigenvalue weighted by Gasteiger charge is -2.26. The van der Waals surface area contributed by atoms with E-state index in [4.69, 9.17) is 0 Å². The molecule has 1 aromatic heterocycles. The minimum absolute atomic E-state index is 0.202. The highest BCUT2D eigenvalue weighted by molar-refractivity contribution is 5.95. The fourth-order valence-electron chi connectivity index (χ4n) is 2.07. The van der Waals surface area contributed by atoms with E-state index < -0.39 is 0 Å². The van der Waals surface area contributed by atoms with Gasteiger partial charge in [0.15, 0.2) is 5.78 Å². The first-order valence-electron chi connectivity index (χ1n) is 6.22. The molecule has 0 radical (unpaired) electrons. The molecule has 0 bridgehead atoms. The first-order chi connectivity index (χ1) is 8.36. The van der Waals surface area contributed by atoms with E-state index in [9.17, 15) is 4.79 Å². The van der Waals surface area contributed by atoms with Crippen LogP contribution in [0.2, 0.25) is 0 Å². The molecule has 92 valence electrons. The molecule has 4 nitrogen and oxygen atoms in total. The Labute approximate surface area is 102 Å². The maximum absolute atomic E-state index is 11.8. The van der Waals surface area contributed by atoms with Crippen molar-refractivity contribution in [3.63, 3.8) is 0 Å². The van der Waals surface area contributed by atoms with Gasteiger partial charge in [0.1, 0.15) is 0 Å². The standard InChI is InChI=1S/C13H19N3O/c17-13(12-3-1-5-15-11-12)4-2-8-16-9-6-14-7-10-16/h1,3,5,11,14H,2,4,6-10H2. The number of nitrogens with one attached hydrogen (secondary N) is 1. The van der Waals surface area contributed by atoms with Gasteiger partial charge in [-0.3, -0.25) is 9.78 Å². The van der Waals surface area contributed by atoms with E-state index in [0.29, 0.717) is 6.42 Å². The van der Waals surface area contributed by atoms with Crippen molar-refractivity contribution < 1.29 is 4.79 Å². The van der Waals surface area contributed by atoms with Gasteiger partial charge in [0, 0.05) is 50.6 Å². The lowest BCUT2D eigenvalue weighted by atomic mass is 10.1. The molecule has 1 N–H and O–H groups in total. The van der Waals surface area contributed by atoms with Crippen molar-refractivity contribution in [2.24, 2.45) is 0 Å². The van der Waals surface area contributed by atoms with E-state index in [1.807, 2.05) is 12.1 Å². The third-order valence-electron chi connectivity index (χ3n) is 3.07. The van der Waals surface area contributed by atoms with Crippen molar-refractivity contribution in [3.8, 4) is 0 Å². The van der Waals surface area contributed by atoms with Crippen LogP contribution in [-0.4, -0.2) is 48.4 Å². The number of piperazine rings is 1. The lowest BCUT2D eigenvalue weighted by molar-refractivity contribution is 0.0973. The fourth-order valence-corrected chi connectivity index (χ4v) is 2.07. The summed E-state index contributed by atoms with van der Waals surface area (Å²) in [4.78, 5) is 18.2. The molecule has 2 heterocycles. The van der Waals surface area contributed by atoms with Gasteiger partial charge in [0.2, 0.25) is 0 Å². The number of carbonyl (C=O) groups excluding carboxylic acids is 1. The molecule has 0 aliphatic carbocycles. The zero-order valence-corrected chi connectivity index (χ0v) is 10.1. The first-order valence-corrected chi connectivity index (χ1v) is 6.22. The second-order valence-electron chi connectivity index (χ2n) is 4.36. The summed E-state index contributed by atoms with van der Waals surface area (Å²) in [6, 6.07) is 3.64. The Kier molecular flexibility index (Phi) is 4.64. The van der Waals surface area contributed by atoms with Crippen LogP contribution in [0.1, 0.15) is 23.2 Å². The average Bonchev–Trinajstić information content (AvgIpc) is 2.41. The SMILES string of the molecule is O=C(CCCN1CCNCC1)c1cccnc1. The first kappa shape index (κ1) is 12.2. The molecule has 1 aromatic rings. The summed E-state index contributed by atoms with van der Waals surface area (Å²) in [5, 5.41) is 3.32. The second kappa shape index (κ2) is 6.47. The van der Waals surface area contributed by atoms with Crippen LogP contribution < -0.4 is 5.32 Å². The maximum Gasteiger partial charge on any atom is 0.164 e. The van der Waals surface area contributed by atoms with Gasteiger partial charge in [-0.25, -0.2) is 0 Å². The molecule has 0 spiro atoms. The maximum atomic E-state index is 11.8. The van der Waals surface area contributed by atoms with E-state index >= 15 is 0 Å². The molecule has 4 heteroatoms. The monoisotopic (exact) mass is 233 g/mol. The van der Waals surface area contributed by atoms with Crippen molar-refractivity contribution in [1.82, 2.24) is 15.2 Å². The number of nitrogens with zero attached hydrogens (tertiary/aromatic N) is 2. The van der Waals surface area contributed by atoms with Gasteiger partial charge in [-0.1, -0.05) is 0 Å². The molecule has 1 aliphatic heterocycles. The molecule has 2 rings (SSSR count). The normalized spacial score (nSPS) is 16.9. The van der Waals surface area contributed by atoms with Crippen LogP contribution in [0.4, 0.5) is 0 Å². The molecule has 1 aliphatic rings. The van der Waals surface area contributed by atoms with Crippen LogP contribution in [0, 0.1) is 0 Å². The van der Waals surface area contributed by atoms with E-state index in [0.717, 1.165) is 44.7 Å². The summed E-state index contributed by atoms with van der Waals surface area (Å²) in [6.45, 7) is 5.35. The summed E-state index contributed by atoms with van der Waals surface area (Å²) < 4.78 is 0. The molecule has 0 unspecified atom stereocenters. The number of pyridine rings is 1. The highest BCUT2D eigenvalue weighted by atomic mass is 16.1. The Morgan fingerprint density at radius 3 is 2.94 bits per heavy atom. The topological polar surface area (TPSA) is 45.2 Å². The zero-order chi connectivity index (χ0) is 11.9. The van der Waals surface area contributed by atoms with Crippen molar-refractivity contribution in [3.05, 3.63) is 30.1 Å². The fraction of sp³-hybridized carbons (Fsp3) is 0.538. The Bertz CT molecular complexity index is 347. The number of Topliss-reactive ketones (excluding diaryl/α,β-unsaturated/α-hetero) is 1. The van der Waals surface area contributed by atoms with Crippen LogP contribution in [-0.2, 0) is 0 Å². The predicted molar refractivity (Wildman–Crippen MR) is 67.1 cm³/mol. The molecule has 1 saturated heterocycles. The Morgan fingerprint density at radius 1 is 1.41 bits per heavy atom. The third-order valence-corrected chi connectivity index (χ3v) is 3.07. The van der Waals surface area contributed by atoms with Crippen molar-refractivity contribution in [1.29, 1.82) is 0 Å². The Morgan fingerprint density at radius 2 is 2.24 bits per heavy atom. The van der Waals surface area contributed by atoms with Crippen LogP contribution in [0.5, 0.6) is 0 Å². The van der Waals surface area contributed by atoms with Crippen molar-refractivity contribution in [2.75, 3.05) is 32.7 Å². The molecule has 0 atom stereocenters. The van der Waals surface area contributed by atoms with Gasteiger partial charge >= 0.3 is 0 Å². The largest absolute Gasteiger partial charge is 0.314 e. The summed E-state index contributed by atoms with van der Waals surface area (Å²) >= 11 is 0. The smallest absolute Gasteiger partial charge is 0.164 e.